The van der Waals surface area contributed by atoms with E-state index in [0.29, 0.717) is 9.23 Å². The molecule has 0 saturated carbocycles. The Labute approximate surface area is 195 Å². The number of aryl methyl sites for hydroxylation is 1. The van der Waals surface area contributed by atoms with Gasteiger partial charge in [0.2, 0.25) is 0 Å². The van der Waals surface area contributed by atoms with Crippen LogP contribution in [0.3, 0.4) is 0 Å². The van der Waals surface area contributed by atoms with Crippen molar-refractivity contribution in [3.8, 4) is 18.1 Å². The number of benzene rings is 2. The quantitative estimate of drug-likeness (QED) is 0.193. The SMILES string of the molecule is C#CCOc1c(I)cc(/C=C2/SC(=S)N(c3cccc(C)c3)C2=O)cc1I. The first kappa shape index (κ1) is 20.6. The minimum Gasteiger partial charge on any atom is -0.479 e. The van der Waals surface area contributed by atoms with E-state index in [0.717, 1.165) is 29.7 Å². The van der Waals surface area contributed by atoms with E-state index in [1.807, 2.05) is 49.4 Å². The summed E-state index contributed by atoms with van der Waals surface area (Å²) in [5, 5.41) is 0. The number of nitrogens with zero attached hydrogens (tertiary/aromatic N) is 1. The highest BCUT2D eigenvalue weighted by molar-refractivity contribution is 14.1. The second kappa shape index (κ2) is 8.94. The molecule has 3 rings (SSSR count). The van der Waals surface area contributed by atoms with E-state index in [-0.39, 0.29) is 12.5 Å². The van der Waals surface area contributed by atoms with Crippen LogP contribution in [-0.4, -0.2) is 16.8 Å². The molecule has 0 atom stereocenters. The Balaban J connectivity index is 1.91. The van der Waals surface area contributed by atoms with Gasteiger partial charge in [-0.25, -0.2) is 0 Å². The molecule has 1 aliphatic rings. The maximum atomic E-state index is 12.9. The van der Waals surface area contributed by atoms with Crippen LogP contribution in [0.15, 0.2) is 41.3 Å². The van der Waals surface area contributed by atoms with Gasteiger partial charge in [-0.2, -0.15) is 0 Å². The van der Waals surface area contributed by atoms with Crippen molar-refractivity contribution in [3.05, 3.63) is 59.6 Å². The lowest BCUT2D eigenvalue weighted by Gasteiger charge is -2.14. The molecule has 0 radical (unpaired) electrons. The molecule has 0 unspecified atom stereocenters. The Morgan fingerprint density at radius 2 is 2.00 bits per heavy atom. The number of thioether (sulfide) groups is 1. The van der Waals surface area contributed by atoms with E-state index < -0.39 is 0 Å². The van der Waals surface area contributed by atoms with Crippen LogP contribution >= 0.6 is 69.2 Å². The van der Waals surface area contributed by atoms with Crippen molar-refractivity contribution in [2.24, 2.45) is 0 Å². The number of ether oxygens (including phenoxy) is 1. The molecule has 7 heteroatoms. The summed E-state index contributed by atoms with van der Waals surface area (Å²) in [6.07, 6.45) is 7.13. The third-order valence-electron chi connectivity index (χ3n) is 3.67. The zero-order valence-corrected chi connectivity index (χ0v) is 20.1. The van der Waals surface area contributed by atoms with E-state index in [2.05, 4.69) is 51.1 Å². The third-order valence-corrected chi connectivity index (χ3v) is 6.58. The smallest absolute Gasteiger partial charge is 0.270 e. The summed E-state index contributed by atoms with van der Waals surface area (Å²) < 4.78 is 8.01. The summed E-state index contributed by atoms with van der Waals surface area (Å²) >= 11 is 11.2. The van der Waals surface area contributed by atoms with Gasteiger partial charge in [-0.15, -0.1) is 6.42 Å². The minimum atomic E-state index is -0.103. The molecule has 2 aromatic carbocycles. The van der Waals surface area contributed by atoms with Crippen LogP contribution in [0.25, 0.3) is 6.08 Å². The van der Waals surface area contributed by atoms with Crippen molar-refractivity contribution < 1.29 is 9.53 Å². The van der Waals surface area contributed by atoms with Crippen molar-refractivity contribution in [1.29, 1.82) is 0 Å². The van der Waals surface area contributed by atoms with Crippen LogP contribution < -0.4 is 9.64 Å². The van der Waals surface area contributed by atoms with Crippen LogP contribution in [-0.2, 0) is 4.79 Å². The fraction of sp³-hybridized carbons (Fsp3) is 0.100. The predicted octanol–water partition coefficient (Wildman–Crippen LogP) is 5.62. The van der Waals surface area contributed by atoms with Crippen LogP contribution in [0.1, 0.15) is 11.1 Å². The first-order valence-electron chi connectivity index (χ1n) is 7.80. The van der Waals surface area contributed by atoms with Gasteiger partial charge in [0.25, 0.3) is 5.91 Å². The number of hydrogen-bond donors (Lipinski definition) is 0. The van der Waals surface area contributed by atoms with Gasteiger partial charge in [0.15, 0.2) is 4.32 Å². The number of amides is 1. The van der Waals surface area contributed by atoms with Gasteiger partial charge >= 0.3 is 0 Å². The monoisotopic (exact) mass is 617 g/mol. The zero-order chi connectivity index (χ0) is 19.6. The van der Waals surface area contributed by atoms with Gasteiger partial charge in [-0.3, -0.25) is 9.69 Å². The Kier molecular flexibility index (Phi) is 6.83. The highest BCUT2D eigenvalue weighted by Crippen LogP contribution is 2.37. The minimum absolute atomic E-state index is 0.103. The molecule has 3 nitrogen and oxygen atoms in total. The zero-order valence-electron chi connectivity index (χ0n) is 14.2. The lowest BCUT2D eigenvalue weighted by atomic mass is 10.2. The van der Waals surface area contributed by atoms with E-state index in [1.54, 1.807) is 4.90 Å². The fourth-order valence-electron chi connectivity index (χ4n) is 2.52. The van der Waals surface area contributed by atoms with Crippen molar-refractivity contribution in [1.82, 2.24) is 0 Å². The van der Waals surface area contributed by atoms with Crippen molar-refractivity contribution >= 4 is 91.2 Å². The highest BCUT2D eigenvalue weighted by Gasteiger charge is 2.33. The van der Waals surface area contributed by atoms with Gasteiger partial charge in [-0.1, -0.05) is 42.0 Å². The normalized spacial score (nSPS) is 15.3. The largest absolute Gasteiger partial charge is 0.479 e. The number of rotatable bonds is 4. The topological polar surface area (TPSA) is 29.5 Å². The fourth-order valence-corrected chi connectivity index (χ4v) is 5.95. The predicted molar refractivity (Wildman–Crippen MR) is 133 cm³/mol. The number of anilines is 1. The molecule has 0 N–H and O–H groups in total. The van der Waals surface area contributed by atoms with Crippen LogP contribution in [0.4, 0.5) is 5.69 Å². The maximum absolute atomic E-state index is 12.9. The number of carbonyl (C=O) groups excluding carboxylic acids is 1. The Morgan fingerprint density at radius 3 is 2.63 bits per heavy atom. The lowest BCUT2D eigenvalue weighted by Crippen LogP contribution is -2.27. The molecular weight excluding hydrogens is 604 g/mol. The van der Waals surface area contributed by atoms with E-state index in [9.17, 15) is 4.79 Å². The summed E-state index contributed by atoms with van der Waals surface area (Å²) in [5.74, 6) is 3.13. The molecule has 1 aliphatic heterocycles. The molecule has 1 amide bonds. The second-order valence-electron chi connectivity index (χ2n) is 5.66. The number of halogens is 2. The molecule has 1 heterocycles. The molecule has 0 aliphatic carbocycles. The van der Waals surface area contributed by atoms with Gasteiger partial charge in [0.1, 0.15) is 12.4 Å². The molecule has 1 saturated heterocycles. The molecule has 0 aromatic heterocycles. The van der Waals surface area contributed by atoms with Crippen LogP contribution in [0, 0.1) is 26.4 Å². The molecule has 136 valence electrons. The number of thiocarbonyl (C=S) groups is 1. The molecule has 2 aromatic rings. The first-order valence-corrected chi connectivity index (χ1v) is 11.2. The van der Waals surface area contributed by atoms with Crippen molar-refractivity contribution in [2.45, 2.75) is 6.92 Å². The third kappa shape index (κ3) is 4.67. The van der Waals surface area contributed by atoms with E-state index in [4.69, 9.17) is 23.4 Å². The standard InChI is InChI=1S/C20H13I2NO2S2/c1-3-7-25-18-15(21)9-13(10-16(18)22)11-17-19(24)23(20(26)27-17)14-6-4-5-12(2)8-14/h1,4-6,8-11H,7H2,2H3/b17-11+. The molecule has 0 bridgehead atoms. The summed E-state index contributed by atoms with van der Waals surface area (Å²) in [6, 6.07) is 11.7. The average Bonchev–Trinajstić information content (AvgIpc) is 2.88. The Bertz CT molecular complexity index is 988. The summed E-state index contributed by atoms with van der Waals surface area (Å²) in [7, 11) is 0. The van der Waals surface area contributed by atoms with Crippen LogP contribution in [0.2, 0.25) is 0 Å². The second-order valence-corrected chi connectivity index (χ2v) is 9.66. The number of carbonyl (C=O) groups is 1. The summed E-state index contributed by atoms with van der Waals surface area (Å²) in [5.41, 5.74) is 2.79. The van der Waals surface area contributed by atoms with Crippen LogP contribution in [0.5, 0.6) is 5.75 Å². The van der Waals surface area contributed by atoms with Gasteiger partial charge < -0.3 is 4.74 Å². The van der Waals surface area contributed by atoms with E-state index in [1.165, 1.54) is 11.8 Å². The molecule has 1 fully saturated rings. The Hall–Kier alpha value is -1.09. The Morgan fingerprint density at radius 1 is 1.30 bits per heavy atom. The first-order chi connectivity index (χ1) is 12.9. The van der Waals surface area contributed by atoms with E-state index >= 15 is 0 Å². The number of hydrogen-bond acceptors (Lipinski definition) is 4. The highest BCUT2D eigenvalue weighted by atomic mass is 127. The van der Waals surface area contributed by atoms with Gasteiger partial charge in [0.05, 0.1) is 17.7 Å². The van der Waals surface area contributed by atoms with Gasteiger partial charge in [0, 0.05) is 0 Å². The van der Waals surface area contributed by atoms with Gasteiger partial charge in [-0.05, 0) is 93.6 Å². The maximum Gasteiger partial charge on any atom is 0.270 e. The van der Waals surface area contributed by atoms with Crippen molar-refractivity contribution in [2.75, 3.05) is 11.5 Å². The molecular formula is C20H13I2NO2S2. The summed E-state index contributed by atoms with van der Waals surface area (Å²) in [4.78, 5) is 15.1. The lowest BCUT2D eigenvalue weighted by molar-refractivity contribution is -0.113. The van der Waals surface area contributed by atoms with Crippen molar-refractivity contribution in [3.63, 3.8) is 0 Å². The number of terminal acetylenes is 1. The molecule has 0 spiro atoms. The summed E-state index contributed by atoms with van der Waals surface area (Å²) in [6.45, 7) is 2.21. The molecule has 27 heavy (non-hydrogen) atoms. The average molecular weight is 617 g/mol.